The van der Waals surface area contributed by atoms with Crippen molar-refractivity contribution in [3.05, 3.63) is 72.6 Å². The van der Waals surface area contributed by atoms with Gasteiger partial charge in [-0.3, -0.25) is 9.59 Å². The molecule has 7 rings (SSSR count). The van der Waals surface area contributed by atoms with E-state index in [1.165, 1.54) is 7.11 Å². The van der Waals surface area contributed by atoms with Gasteiger partial charge in [0, 0.05) is 54.9 Å². The number of likely N-dealkylation sites (tertiary alicyclic amines) is 2. The molecule has 0 unspecified atom stereocenters. The number of alkyl halides is 2. The number of aromatic nitrogens is 4. The molecule has 4 amide bonds. The van der Waals surface area contributed by atoms with Crippen LogP contribution in [0.2, 0.25) is 0 Å². The Morgan fingerprint density at radius 2 is 1.26 bits per heavy atom. The quantitative estimate of drug-likeness (QED) is 0.106. The summed E-state index contributed by atoms with van der Waals surface area (Å²) in [6.07, 6.45) is 2.85. The summed E-state index contributed by atoms with van der Waals surface area (Å²) in [5.41, 5.74) is 4.33. The number of alkyl carbamates (subject to hydrolysis) is 1. The van der Waals surface area contributed by atoms with E-state index in [4.69, 9.17) is 14.7 Å². The van der Waals surface area contributed by atoms with Crippen LogP contribution in [0.25, 0.3) is 33.6 Å². The molecular formula is C42H50F2N8O6. The fourth-order valence-electron chi connectivity index (χ4n) is 8.83. The number of carboxylic acid groups (broad SMARTS) is 1. The van der Waals surface area contributed by atoms with Crippen molar-refractivity contribution in [2.45, 2.75) is 89.9 Å². The van der Waals surface area contributed by atoms with Gasteiger partial charge in [0.2, 0.25) is 17.7 Å². The zero-order valence-corrected chi connectivity index (χ0v) is 33.2. The molecule has 2 saturated heterocycles. The predicted molar refractivity (Wildman–Crippen MR) is 210 cm³/mol. The van der Waals surface area contributed by atoms with Crippen LogP contribution in [0.1, 0.15) is 83.5 Å². The molecule has 1 saturated carbocycles. The fourth-order valence-corrected chi connectivity index (χ4v) is 8.83. The van der Waals surface area contributed by atoms with E-state index in [1.807, 2.05) is 68.6 Å². The van der Waals surface area contributed by atoms with Gasteiger partial charge in [0.25, 0.3) is 0 Å². The number of benzene rings is 2. The van der Waals surface area contributed by atoms with Crippen LogP contribution in [-0.2, 0) is 14.3 Å². The molecular weight excluding hydrogens is 751 g/mol. The topological polar surface area (TPSA) is 186 Å². The van der Waals surface area contributed by atoms with Gasteiger partial charge in [-0.1, -0.05) is 76.2 Å². The monoisotopic (exact) mass is 800 g/mol. The van der Waals surface area contributed by atoms with Gasteiger partial charge in [0.1, 0.15) is 23.7 Å². The Morgan fingerprint density at radius 3 is 1.74 bits per heavy atom. The number of carbonyl (C=O) groups is 4. The van der Waals surface area contributed by atoms with Gasteiger partial charge in [-0.2, -0.15) is 0 Å². The lowest BCUT2D eigenvalue weighted by Crippen LogP contribution is -2.53. The smallest absolute Gasteiger partial charge is 0.407 e. The minimum Gasteiger partial charge on any atom is -0.465 e. The third-order valence-electron chi connectivity index (χ3n) is 11.7. The molecule has 5 N–H and O–H groups in total. The Kier molecular flexibility index (Phi) is 11.0. The van der Waals surface area contributed by atoms with E-state index in [-0.39, 0.29) is 49.1 Å². The minimum absolute atomic E-state index is 0.149. The normalized spacial score (nSPS) is 20.6. The second-order valence-corrected chi connectivity index (χ2v) is 16.6. The second-order valence-electron chi connectivity index (χ2n) is 16.6. The summed E-state index contributed by atoms with van der Waals surface area (Å²) in [5, 5.41) is 14.3. The van der Waals surface area contributed by atoms with Crippen LogP contribution >= 0.6 is 0 Å². The molecule has 4 atom stereocenters. The van der Waals surface area contributed by atoms with Gasteiger partial charge in [0.05, 0.1) is 30.6 Å². The lowest BCUT2D eigenvalue weighted by Gasteiger charge is -2.44. The van der Waals surface area contributed by atoms with Crippen LogP contribution in [0.5, 0.6) is 0 Å². The van der Waals surface area contributed by atoms with Crippen molar-refractivity contribution in [2.75, 3.05) is 20.2 Å². The molecule has 2 aliphatic heterocycles. The average molecular weight is 801 g/mol. The number of nitrogens with one attached hydrogen (secondary N) is 4. The highest BCUT2D eigenvalue weighted by molar-refractivity contribution is 5.87. The maximum atomic E-state index is 14.2. The summed E-state index contributed by atoms with van der Waals surface area (Å²) in [5.74, 6) is -2.71. The summed E-state index contributed by atoms with van der Waals surface area (Å²) < 4.78 is 33.1. The first kappa shape index (κ1) is 40.4. The van der Waals surface area contributed by atoms with Gasteiger partial charge in [-0.25, -0.2) is 28.3 Å². The van der Waals surface area contributed by atoms with E-state index in [0.29, 0.717) is 30.3 Å². The summed E-state index contributed by atoms with van der Waals surface area (Å²) in [6.45, 7) is 7.92. The molecule has 58 heavy (non-hydrogen) atoms. The van der Waals surface area contributed by atoms with E-state index in [9.17, 15) is 33.1 Å². The minimum atomic E-state index is -2.77. The lowest BCUT2D eigenvalue weighted by atomic mass is 9.65. The first-order valence-electron chi connectivity index (χ1n) is 19.7. The summed E-state index contributed by atoms with van der Waals surface area (Å²) in [7, 11) is 1.22. The van der Waals surface area contributed by atoms with Crippen molar-refractivity contribution < 1.29 is 37.8 Å². The van der Waals surface area contributed by atoms with E-state index in [0.717, 1.165) is 40.8 Å². The number of hydrogen-bond donors (Lipinski definition) is 5. The highest BCUT2D eigenvalue weighted by Gasteiger charge is 2.62. The van der Waals surface area contributed by atoms with Crippen LogP contribution < -0.4 is 10.6 Å². The highest BCUT2D eigenvalue weighted by Crippen LogP contribution is 2.60. The number of rotatable bonds is 11. The average Bonchev–Trinajstić information content (AvgIpc) is 4.01. The third kappa shape index (κ3) is 8.14. The first-order valence-corrected chi connectivity index (χ1v) is 19.7. The fraction of sp³-hybridized carbons (Fsp3) is 0.476. The van der Waals surface area contributed by atoms with Crippen molar-refractivity contribution in [1.82, 2.24) is 40.4 Å². The Balaban J connectivity index is 1.04. The molecule has 1 aliphatic carbocycles. The lowest BCUT2D eigenvalue weighted by molar-refractivity contribution is -0.159. The number of carbonyl (C=O) groups excluding carboxylic acids is 3. The van der Waals surface area contributed by atoms with Crippen LogP contribution in [0.4, 0.5) is 18.4 Å². The molecule has 4 heterocycles. The maximum absolute atomic E-state index is 14.2. The van der Waals surface area contributed by atoms with Crippen LogP contribution in [0.15, 0.2) is 60.9 Å². The summed E-state index contributed by atoms with van der Waals surface area (Å²) in [4.78, 5) is 70.2. The molecule has 4 aromatic rings. The number of amides is 4. The van der Waals surface area contributed by atoms with Gasteiger partial charge in [-0.05, 0) is 42.2 Å². The Labute approximate surface area is 335 Å². The van der Waals surface area contributed by atoms with Crippen LogP contribution in [-0.4, -0.2) is 97.0 Å². The number of halogens is 2. The molecule has 14 nitrogen and oxygen atoms in total. The molecule has 1 spiro atoms. The Morgan fingerprint density at radius 1 is 0.776 bits per heavy atom. The maximum Gasteiger partial charge on any atom is 0.407 e. The number of ether oxygens (including phenoxy) is 1. The predicted octanol–water partition coefficient (Wildman–Crippen LogP) is 7.16. The standard InChI is InChI=1S/C42H50F2N8O6/c1-23(2)33(49-39(55)56)37(53)51-16-6-7-31(51)35-45-18-29(47-35)27-12-8-25(9-13-27)26-10-14-28(15-11-26)30-19-46-36(48-30)32-17-41(20-42(43,44)21-41)22-52(32)38(54)34(24(3)4)50-40(57)58-5/h8-15,18-19,23-24,31-34,49H,6-7,16-17,20-22H2,1-5H3,(H,45,47)(H,46,48)(H,50,57)(H,55,56)/t31-,32-,33-,34-/m0/s1. The zero-order valence-electron chi connectivity index (χ0n) is 33.2. The summed E-state index contributed by atoms with van der Waals surface area (Å²) >= 11 is 0. The number of imidazole rings is 2. The Hall–Kier alpha value is -5.80. The molecule has 3 aliphatic rings. The number of nitrogens with zero attached hydrogens (tertiary/aromatic N) is 4. The molecule has 2 aromatic carbocycles. The van der Waals surface area contributed by atoms with Gasteiger partial charge >= 0.3 is 12.2 Å². The molecule has 3 fully saturated rings. The summed E-state index contributed by atoms with van der Waals surface area (Å²) in [6, 6.07) is 13.3. The van der Waals surface area contributed by atoms with Crippen LogP contribution in [0.3, 0.4) is 0 Å². The van der Waals surface area contributed by atoms with E-state index >= 15 is 0 Å². The molecule has 16 heteroatoms. The van der Waals surface area contributed by atoms with Gasteiger partial charge in [-0.15, -0.1) is 0 Å². The van der Waals surface area contributed by atoms with Gasteiger partial charge < -0.3 is 40.2 Å². The SMILES string of the molecule is COC(=O)N[C@H](C(=O)N1CC2(C[C@H]1c1nc(-c3ccc(-c4ccc(-c5c[nH]c([C@@H]6CCCN6C(=O)[C@@H](NC(=O)O)C(C)C)n5)cc4)cc3)c[nH]1)CC(F)(F)C2)C(C)C. The van der Waals surface area contributed by atoms with E-state index < -0.39 is 41.6 Å². The third-order valence-corrected chi connectivity index (χ3v) is 11.7. The first-order chi connectivity index (χ1) is 27.6. The number of aromatic amines is 2. The van der Waals surface area contributed by atoms with E-state index in [2.05, 4.69) is 20.6 Å². The second kappa shape index (κ2) is 15.9. The molecule has 308 valence electrons. The van der Waals surface area contributed by atoms with Crippen molar-refractivity contribution in [3.8, 4) is 33.6 Å². The van der Waals surface area contributed by atoms with Crippen molar-refractivity contribution in [1.29, 1.82) is 0 Å². The molecule has 0 radical (unpaired) electrons. The zero-order chi connectivity index (χ0) is 41.5. The van der Waals surface area contributed by atoms with Crippen LogP contribution in [0, 0.1) is 17.3 Å². The van der Waals surface area contributed by atoms with E-state index in [1.54, 1.807) is 29.8 Å². The van der Waals surface area contributed by atoms with Gasteiger partial charge in [0.15, 0.2) is 0 Å². The largest absolute Gasteiger partial charge is 0.465 e. The number of methoxy groups -OCH3 is 1. The molecule has 2 aromatic heterocycles. The van der Waals surface area contributed by atoms with Crippen molar-refractivity contribution >= 4 is 24.0 Å². The van der Waals surface area contributed by atoms with Crippen molar-refractivity contribution in [2.24, 2.45) is 17.3 Å². The number of hydrogen-bond acceptors (Lipinski definition) is 7. The number of H-pyrrole nitrogens is 2. The highest BCUT2D eigenvalue weighted by atomic mass is 19.3. The Bertz CT molecular complexity index is 2140. The molecule has 0 bridgehead atoms. The van der Waals surface area contributed by atoms with Crippen molar-refractivity contribution in [3.63, 3.8) is 0 Å².